The molecule has 0 radical (unpaired) electrons. The van der Waals surface area contributed by atoms with Gasteiger partial charge in [-0.2, -0.15) is 0 Å². The second-order valence-electron chi connectivity index (χ2n) is 3.93. The van der Waals surface area contributed by atoms with E-state index in [1.54, 1.807) is 30.3 Å². The fourth-order valence-electron chi connectivity index (χ4n) is 1.60. The van der Waals surface area contributed by atoms with E-state index in [1.807, 2.05) is 0 Å². The van der Waals surface area contributed by atoms with Gasteiger partial charge in [-0.05, 0) is 31.2 Å². The number of hydrogen-bond donors (Lipinski definition) is 1. The molecule has 2 aromatic rings. The van der Waals surface area contributed by atoms with Crippen LogP contribution in [0.2, 0.25) is 5.15 Å². The van der Waals surface area contributed by atoms with Crippen molar-refractivity contribution in [2.45, 2.75) is 6.92 Å². The standard InChI is InChI=1S/C14H11ClN2O2/c1-9(18)11-4-2-3-5-12(11)17-14(19)10-6-7-13(15)16-8-10/h2-8H,1H3,(H,17,19). The lowest BCUT2D eigenvalue weighted by Crippen LogP contribution is -2.14. The highest BCUT2D eigenvalue weighted by Crippen LogP contribution is 2.17. The van der Waals surface area contributed by atoms with Crippen molar-refractivity contribution < 1.29 is 9.59 Å². The molecular weight excluding hydrogens is 264 g/mol. The number of anilines is 1. The zero-order valence-electron chi connectivity index (χ0n) is 10.2. The Hall–Kier alpha value is -2.20. The van der Waals surface area contributed by atoms with Gasteiger partial charge in [0.2, 0.25) is 0 Å². The molecule has 0 bridgehead atoms. The highest BCUT2D eigenvalue weighted by atomic mass is 35.5. The summed E-state index contributed by atoms with van der Waals surface area (Å²) < 4.78 is 0. The van der Waals surface area contributed by atoms with Crippen molar-refractivity contribution in [1.82, 2.24) is 4.98 Å². The number of rotatable bonds is 3. The number of aromatic nitrogens is 1. The third-order valence-corrected chi connectivity index (χ3v) is 2.77. The van der Waals surface area contributed by atoms with E-state index in [0.717, 1.165) is 0 Å². The molecule has 0 fully saturated rings. The summed E-state index contributed by atoms with van der Waals surface area (Å²) in [6.45, 7) is 1.45. The highest BCUT2D eigenvalue weighted by molar-refractivity contribution is 6.29. The summed E-state index contributed by atoms with van der Waals surface area (Å²) in [5.41, 5.74) is 1.33. The molecule has 1 aromatic carbocycles. The van der Waals surface area contributed by atoms with Gasteiger partial charge in [-0.1, -0.05) is 23.7 Å². The molecule has 1 N–H and O–H groups in total. The topological polar surface area (TPSA) is 59.1 Å². The summed E-state index contributed by atoms with van der Waals surface area (Å²) in [5, 5.41) is 3.00. The van der Waals surface area contributed by atoms with Crippen LogP contribution in [0.4, 0.5) is 5.69 Å². The third-order valence-electron chi connectivity index (χ3n) is 2.54. The van der Waals surface area contributed by atoms with Gasteiger partial charge < -0.3 is 5.32 Å². The third kappa shape index (κ3) is 3.17. The maximum absolute atomic E-state index is 12.0. The molecule has 0 aliphatic carbocycles. The molecule has 1 aromatic heterocycles. The molecule has 0 saturated heterocycles. The van der Waals surface area contributed by atoms with E-state index in [1.165, 1.54) is 19.2 Å². The van der Waals surface area contributed by atoms with E-state index in [-0.39, 0.29) is 11.7 Å². The van der Waals surface area contributed by atoms with Crippen LogP contribution in [0.3, 0.4) is 0 Å². The number of halogens is 1. The zero-order valence-corrected chi connectivity index (χ0v) is 10.9. The molecule has 1 amide bonds. The first-order valence-electron chi connectivity index (χ1n) is 5.61. The summed E-state index contributed by atoms with van der Waals surface area (Å²) in [5.74, 6) is -0.442. The monoisotopic (exact) mass is 274 g/mol. The number of carbonyl (C=O) groups excluding carboxylic acids is 2. The molecule has 0 spiro atoms. The van der Waals surface area contributed by atoms with Gasteiger partial charge in [-0.25, -0.2) is 4.98 Å². The van der Waals surface area contributed by atoms with Gasteiger partial charge in [-0.3, -0.25) is 9.59 Å². The number of pyridine rings is 1. The van der Waals surface area contributed by atoms with Gasteiger partial charge in [0.15, 0.2) is 5.78 Å². The second kappa shape index (κ2) is 5.63. The van der Waals surface area contributed by atoms with Crippen LogP contribution in [0.5, 0.6) is 0 Å². The number of benzene rings is 1. The summed E-state index contributed by atoms with van der Waals surface area (Å²) in [6, 6.07) is 9.95. The van der Waals surface area contributed by atoms with Crippen molar-refractivity contribution in [2.24, 2.45) is 0 Å². The summed E-state index contributed by atoms with van der Waals surface area (Å²) in [7, 11) is 0. The fourth-order valence-corrected chi connectivity index (χ4v) is 1.72. The lowest BCUT2D eigenvalue weighted by Gasteiger charge is -2.08. The lowest BCUT2D eigenvalue weighted by molar-refractivity contribution is 0.101. The Labute approximate surface area is 115 Å². The smallest absolute Gasteiger partial charge is 0.257 e. The van der Waals surface area contributed by atoms with Crippen LogP contribution >= 0.6 is 11.6 Å². The second-order valence-corrected chi connectivity index (χ2v) is 4.31. The van der Waals surface area contributed by atoms with Crippen molar-refractivity contribution in [2.75, 3.05) is 5.32 Å². The maximum atomic E-state index is 12.0. The number of hydrogen-bond acceptors (Lipinski definition) is 3. The Morgan fingerprint density at radius 3 is 2.53 bits per heavy atom. The van der Waals surface area contributed by atoms with Crippen molar-refractivity contribution >= 4 is 29.0 Å². The molecular formula is C14H11ClN2O2. The SMILES string of the molecule is CC(=O)c1ccccc1NC(=O)c1ccc(Cl)nc1. The molecule has 1 heterocycles. The van der Waals surface area contributed by atoms with E-state index in [0.29, 0.717) is 22.0 Å². The van der Waals surface area contributed by atoms with Gasteiger partial charge in [0.05, 0.1) is 11.3 Å². The van der Waals surface area contributed by atoms with Gasteiger partial charge in [0.1, 0.15) is 5.15 Å². The van der Waals surface area contributed by atoms with Crippen LogP contribution < -0.4 is 5.32 Å². The molecule has 0 unspecified atom stereocenters. The minimum absolute atomic E-state index is 0.106. The van der Waals surface area contributed by atoms with E-state index in [2.05, 4.69) is 10.3 Å². The number of ketones is 1. The Morgan fingerprint density at radius 1 is 1.16 bits per heavy atom. The zero-order chi connectivity index (χ0) is 13.8. The first kappa shape index (κ1) is 13.2. The van der Waals surface area contributed by atoms with Crippen molar-refractivity contribution in [3.8, 4) is 0 Å². The number of Topliss-reactive ketones (excluding diaryl/α,β-unsaturated/α-hetero) is 1. The van der Waals surface area contributed by atoms with Gasteiger partial charge in [0.25, 0.3) is 5.91 Å². The number of nitrogens with one attached hydrogen (secondary N) is 1. The molecule has 0 aliphatic heterocycles. The van der Waals surface area contributed by atoms with Crippen LogP contribution in [-0.4, -0.2) is 16.7 Å². The van der Waals surface area contributed by atoms with Crippen LogP contribution in [-0.2, 0) is 0 Å². The minimum Gasteiger partial charge on any atom is -0.321 e. The summed E-state index contributed by atoms with van der Waals surface area (Å²) in [4.78, 5) is 27.3. The molecule has 0 saturated carbocycles. The Bertz CT molecular complexity index is 624. The quantitative estimate of drug-likeness (QED) is 0.691. The maximum Gasteiger partial charge on any atom is 0.257 e. The predicted octanol–water partition coefficient (Wildman–Crippen LogP) is 3.19. The van der Waals surface area contributed by atoms with Crippen LogP contribution in [0.15, 0.2) is 42.6 Å². The van der Waals surface area contributed by atoms with Gasteiger partial charge in [-0.15, -0.1) is 0 Å². The molecule has 0 aliphatic rings. The van der Waals surface area contributed by atoms with E-state index < -0.39 is 0 Å². The number of para-hydroxylation sites is 1. The molecule has 5 heteroatoms. The first-order chi connectivity index (χ1) is 9.08. The Balaban J connectivity index is 2.24. The van der Waals surface area contributed by atoms with E-state index in [4.69, 9.17) is 11.6 Å². The van der Waals surface area contributed by atoms with Crippen molar-refractivity contribution in [3.63, 3.8) is 0 Å². The molecule has 0 atom stereocenters. The largest absolute Gasteiger partial charge is 0.321 e. The highest BCUT2D eigenvalue weighted by Gasteiger charge is 2.11. The van der Waals surface area contributed by atoms with Crippen LogP contribution in [0, 0.1) is 0 Å². The van der Waals surface area contributed by atoms with Gasteiger partial charge in [0, 0.05) is 11.8 Å². The molecule has 19 heavy (non-hydrogen) atoms. The van der Waals surface area contributed by atoms with E-state index >= 15 is 0 Å². The molecule has 96 valence electrons. The summed E-state index contributed by atoms with van der Waals surface area (Å²) >= 11 is 5.66. The number of amides is 1. The predicted molar refractivity (Wildman–Crippen MR) is 73.6 cm³/mol. The Kier molecular flexibility index (Phi) is 3.92. The van der Waals surface area contributed by atoms with Crippen LogP contribution in [0.25, 0.3) is 0 Å². The van der Waals surface area contributed by atoms with Crippen molar-refractivity contribution in [1.29, 1.82) is 0 Å². The first-order valence-corrected chi connectivity index (χ1v) is 5.98. The van der Waals surface area contributed by atoms with E-state index in [9.17, 15) is 9.59 Å². The Morgan fingerprint density at radius 2 is 1.89 bits per heavy atom. The van der Waals surface area contributed by atoms with Crippen LogP contribution in [0.1, 0.15) is 27.6 Å². The minimum atomic E-state index is -0.335. The van der Waals surface area contributed by atoms with Crippen molar-refractivity contribution in [3.05, 3.63) is 58.9 Å². The molecule has 2 rings (SSSR count). The lowest BCUT2D eigenvalue weighted by atomic mass is 10.1. The average molecular weight is 275 g/mol. The van der Waals surface area contributed by atoms with Gasteiger partial charge >= 0.3 is 0 Å². The normalized spacial score (nSPS) is 10.0. The number of carbonyl (C=O) groups is 2. The average Bonchev–Trinajstić information content (AvgIpc) is 2.39. The number of nitrogens with zero attached hydrogens (tertiary/aromatic N) is 1. The summed E-state index contributed by atoms with van der Waals surface area (Å²) in [6.07, 6.45) is 1.38. The molecule has 4 nitrogen and oxygen atoms in total. The fraction of sp³-hybridized carbons (Fsp3) is 0.0714.